The van der Waals surface area contributed by atoms with Gasteiger partial charge in [0.1, 0.15) is 11.6 Å². The predicted octanol–water partition coefficient (Wildman–Crippen LogP) is 2.42. The first-order chi connectivity index (χ1) is 8.47. The summed E-state index contributed by atoms with van der Waals surface area (Å²) in [5, 5.41) is 8.91. The van der Waals surface area contributed by atoms with Crippen LogP contribution in [0.1, 0.15) is 16.2 Å². The van der Waals surface area contributed by atoms with Crippen molar-refractivity contribution in [2.24, 2.45) is 0 Å². The number of nitrogens with two attached hydrogens (primary N) is 1. The fourth-order valence-electron chi connectivity index (χ4n) is 1.25. The van der Waals surface area contributed by atoms with E-state index in [1.54, 1.807) is 6.92 Å². The number of hydrogen-bond acceptors (Lipinski definition) is 6. The summed E-state index contributed by atoms with van der Waals surface area (Å²) in [6.07, 6.45) is 0. The minimum Gasteiger partial charge on any atom is -0.478 e. The van der Waals surface area contributed by atoms with Gasteiger partial charge in [-0.15, -0.1) is 0 Å². The van der Waals surface area contributed by atoms with E-state index in [0.717, 1.165) is 29.4 Å². The van der Waals surface area contributed by atoms with Gasteiger partial charge in [0.15, 0.2) is 4.34 Å². The Bertz CT molecular complexity index is 615. The first-order valence-electron chi connectivity index (χ1n) is 4.78. The second-order valence-corrected chi connectivity index (χ2v) is 5.43. The highest BCUT2D eigenvalue weighted by atomic mass is 32.2. The lowest BCUT2D eigenvalue weighted by molar-refractivity contribution is 0.0697. The number of aryl methyl sites for hydroxylation is 1. The van der Waals surface area contributed by atoms with Crippen molar-refractivity contribution in [2.75, 3.05) is 5.73 Å². The molecule has 0 atom stereocenters. The maximum absolute atomic E-state index is 13.6. The average molecular weight is 285 g/mol. The highest BCUT2D eigenvalue weighted by Crippen LogP contribution is 2.33. The van der Waals surface area contributed by atoms with Crippen LogP contribution in [0, 0.1) is 12.7 Å². The van der Waals surface area contributed by atoms with Crippen LogP contribution < -0.4 is 5.73 Å². The SMILES string of the molecule is Cc1nsc(Sc2cc(C(=O)O)c(N)cc2F)n1. The number of anilines is 1. The maximum Gasteiger partial charge on any atom is 0.337 e. The number of halogens is 1. The number of nitrogens with zero attached hydrogens (tertiary/aromatic N) is 2. The molecule has 5 nitrogen and oxygen atoms in total. The third kappa shape index (κ3) is 2.59. The molecule has 0 saturated heterocycles. The molecule has 0 fully saturated rings. The number of carboxylic acid groups (broad SMARTS) is 1. The number of rotatable bonds is 3. The van der Waals surface area contributed by atoms with Gasteiger partial charge in [-0.05, 0) is 30.6 Å². The Morgan fingerprint density at radius 2 is 2.28 bits per heavy atom. The lowest BCUT2D eigenvalue weighted by Crippen LogP contribution is -2.03. The van der Waals surface area contributed by atoms with Gasteiger partial charge in [-0.3, -0.25) is 0 Å². The molecule has 0 unspecified atom stereocenters. The highest BCUT2D eigenvalue weighted by Gasteiger charge is 2.15. The minimum absolute atomic E-state index is 0.0993. The van der Waals surface area contributed by atoms with Crippen molar-refractivity contribution in [2.45, 2.75) is 16.2 Å². The Labute approximate surface area is 110 Å². The Morgan fingerprint density at radius 3 is 2.83 bits per heavy atom. The molecule has 18 heavy (non-hydrogen) atoms. The van der Waals surface area contributed by atoms with Gasteiger partial charge in [-0.2, -0.15) is 4.37 Å². The van der Waals surface area contributed by atoms with Crippen molar-refractivity contribution in [1.29, 1.82) is 0 Å². The monoisotopic (exact) mass is 285 g/mol. The van der Waals surface area contributed by atoms with E-state index in [1.807, 2.05) is 0 Å². The molecule has 2 aromatic rings. The van der Waals surface area contributed by atoms with Crippen LogP contribution in [0.15, 0.2) is 21.4 Å². The van der Waals surface area contributed by atoms with E-state index >= 15 is 0 Å². The smallest absolute Gasteiger partial charge is 0.337 e. The zero-order valence-electron chi connectivity index (χ0n) is 9.18. The van der Waals surface area contributed by atoms with Gasteiger partial charge < -0.3 is 10.8 Å². The Morgan fingerprint density at radius 1 is 1.56 bits per heavy atom. The molecule has 0 saturated carbocycles. The van der Waals surface area contributed by atoms with Crippen LogP contribution in [-0.4, -0.2) is 20.4 Å². The van der Waals surface area contributed by atoms with Gasteiger partial charge in [-0.25, -0.2) is 14.2 Å². The molecule has 0 radical (unpaired) electrons. The molecule has 0 spiro atoms. The highest BCUT2D eigenvalue weighted by molar-refractivity contribution is 8.01. The molecule has 2 rings (SSSR count). The molecular weight excluding hydrogens is 277 g/mol. The fourth-order valence-corrected chi connectivity index (χ4v) is 2.90. The quantitative estimate of drug-likeness (QED) is 0.842. The molecule has 1 heterocycles. The molecule has 0 aliphatic rings. The Balaban J connectivity index is 2.38. The minimum atomic E-state index is -1.19. The predicted molar refractivity (Wildman–Crippen MR) is 66.5 cm³/mol. The van der Waals surface area contributed by atoms with Crippen LogP contribution in [0.3, 0.4) is 0 Å². The van der Waals surface area contributed by atoms with Gasteiger partial charge in [-0.1, -0.05) is 11.8 Å². The molecule has 0 amide bonds. The largest absolute Gasteiger partial charge is 0.478 e. The van der Waals surface area contributed by atoms with Crippen LogP contribution in [0.2, 0.25) is 0 Å². The van der Waals surface area contributed by atoms with Gasteiger partial charge in [0.05, 0.1) is 10.5 Å². The second-order valence-electron chi connectivity index (χ2n) is 3.38. The van der Waals surface area contributed by atoms with Crippen molar-refractivity contribution in [3.63, 3.8) is 0 Å². The molecule has 0 aliphatic heterocycles. The molecule has 94 valence electrons. The molecular formula is C10H8FN3O2S2. The molecule has 1 aromatic carbocycles. The molecule has 3 N–H and O–H groups in total. The van der Waals surface area contributed by atoms with E-state index in [-0.39, 0.29) is 16.1 Å². The van der Waals surface area contributed by atoms with Crippen molar-refractivity contribution in [3.8, 4) is 0 Å². The summed E-state index contributed by atoms with van der Waals surface area (Å²) < 4.78 is 18.2. The summed E-state index contributed by atoms with van der Waals surface area (Å²) in [7, 11) is 0. The van der Waals surface area contributed by atoms with E-state index in [9.17, 15) is 9.18 Å². The first kappa shape index (κ1) is 12.8. The summed E-state index contributed by atoms with van der Waals surface area (Å²) in [5.74, 6) is -1.17. The van der Waals surface area contributed by atoms with E-state index < -0.39 is 11.8 Å². The van der Waals surface area contributed by atoms with E-state index in [4.69, 9.17) is 10.8 Å². The molecule has 0 aliphatic carbocycles. The summed E-state index contributed by atoms with van der Waals surface area (Å²) in [5.41, 5.74) is 5.21. The number of carboxylic acids is 1. The number of hydrogen-bond donors (Lipinski definition) is 2. The zero-order chi connectivity index (χ0) is 13.3. The average Bonchev–Trinajstić information content (AvgIpc) is 2.67. The molecule has 0 bridgehead atoms. The third-order valence-electron chi connectivity index (χ3n) is 2.04. The standard InChI is InChI=1S/C10H8FN3O2S2/c1-4-13-10(18-14-4)17-8-2-5(9(15)16)7(12)3-6(8)11/h2-3H,12H2,1H3,(H,15,16). The number of nitrogen functional groups attached to an aromatic ring is 1. The van der Waals surface area contributed by atoms with Crippen molar-refractivity contribution >= 4 is 35.0 Å². The maximum atomic E-state index is 13.6. The van der Waals surface area contributed by atoms with Gasteiger partial charge in [0, 0.05) is 5.69 Å². The molecule has 1 aromatic heterocycles. The van der Waals surface area contributed by atoms with Crippen LogP contribution in [0.5, 0.6) is 0 Å². The van der Waals surface area contributed by atoms with E-state index in [0.29, 0.717) is 10.2 Å². The number of benzene rings is 1. The topological polar surface area (TPSA) is 89.1 Å². The lowest BCUT2D eigenvalue weighted by atomic mass is 10.2. The van der Waals surface area contributed by atoms with Crippen molar-refractivity contribution < 1.29 is 14.3 Å². The van der Waals surface area contributed by atoms with Gasteiger partial charge in [0.2, 0.25) is 0 Å². The van der Waals surface area contributed by atoms with E-state index in [2.05, 4.69) is 9.36 Å². The summed E-state index contributed by atoms with van der Waals surface area (Å²) in [6.45, 7) is 1.72. The number of aromatic carboxylic acids is 1. The summed E-state index contributed by atoms with van der Waals surface area (Å²) in [4.78, 5) is 15.1. The summed E-state index contributed by atoms with van der Waals surface area (Å²) in [6, 6.07) is 2.20. The van der Waals surface area contributed by atoms with Crippen LogP contribution in [0.25, 0.3) is 0 Å². The zero-order valence-corrected chi connectivity index (χ0v) is 10.8. The molecule has 8 heteroatoms. The number of aromatic nitrogens is 2. The van der Waals surface area contributed by atoms with Gasteiger partial charge in [0.25, 0.3) is 0 Å². The fraction of sp³-hybridized carbons (Fsp3) is 0.100. The van der Waals surface area contributed by atoms with Crippen LogP contribution in [0.4, 0.5) is 10.1 Å². The lowest BCUT2D eigenvalue weighted by Gasteiger charge is -2.05. The van der Waals surface area contributed by atoms with Gasteiger partial charge >= 0.3 is 5.97 Å². The Kier molecular flexibility index (Phi) is 3.48. The van der Waals surface area contributed by atoms with E-state index in [1.165, 1.54) is 6.07 Å². The first-order valence-corrected chi connectivity index (χ1v) is 6.37. The summed E-state index contributed by atoms with van der Waals surface area (Å²) >= 11 is 2.15. The normalized spacial score (nSPS) is 10.6. The second kappa shape index (κ2) is 4.91. The van der Waals surface area contributed by atoms with Crippen LogP contribution in [-0.2, 0) is 0 Å². The van der Waals surface area contributed by atoms with Crippen molar-refractivity contribution in [3.05, 3.63) is 29.3 Å². The van der Waals surface area contributed by atoms with Crippen LogP contribution >= 0.6 is 23.3 Å². The van der Waals surface area contributed by atoms with Crippen molar-refractivity contribution in [1.82, 2.24) is 9.36 Å². The third-order valence-corrected chi connectivity index (χ3v) is 3.92. The Hall–Kier alpha value is -1.67. The number of carbonyl (C=O) groups is 1.